The molecule has 3 aliphatic rings. The van der Waals surface area contributed by atoms with Gasteiger partial charge in [-0.2, -0.15) is 0 Å². The Kier molecular flexibility index (Phi) is 6.05. The van der Waals surface area contributed by atoms with E-state index in [1.165, 1.54) is 37.7 Å². The molecule has 0 spiro atoms. The molecule has 0 aromatic rings. The second-order valence-corrected chi connectivity index (χ2v) is 10.7. The van der Waals surface area contributed by atoms with E-state index >= 15 is 0 Å². The van der Waals surface area contributed by atoms with Crippen molar-refractivity contribution >= 4 is 5.97 Å². The van der Waals surface area contributed by atoms with E-state index in [4.69, 9.17) is 9.78 Å². The van der Waals surface area contributed by atoms with Gasteiger partial charge in [0, 0.05) is 0 Å². The molecule has 0 radical (unpaired) electrons. The van der Waals surface area contributed by atoms with Crippen LogP contribution >= 0.6 is 0 Å². The molecular formula is C24H40O4. The van der Waals surface area contributed by atoms with Crippen LogP contribution in [0.25, 0.3) is 0 Å². The third kappa shape index (κ3) is 3.79. The molecule has 0 unspecified atom stereocenters. The summed E-state index contributed by atoms with van der Waals surface area (Å²) in [5.74, 6) is 0.0363. The Morgan fingerprint density at radius 3 is 2.54 bits per heavy atom. The number of carboxylic acid groups (broad SMARTS) is 1. The smallest absolute Gasteiger partial charge is 0.308 e. The summed E-state index contributed by atoms with van der Waals surface area (Å²) in [6.45, 7) is 15.7. The van der Waals surface area contributed by atoms with Crippen molar-refractivity contribution in [1.29, 1.82) is 0 Å². The lowest BCUT2D eigenvalue weighted by atomic mass is 9.46. The van der Waals surface area contributed by atoms with Crippen LogP contribution in [0.2, 0.25) is 0 Å². The molecule has 1 aliphatic heterocycles. The number of allylic oxidation sites excluding steroid dienone is 1. The van der Waals surface area contributed by atoms with Crippen LogP contribution in [-0.4, -0.2) is 22.8 Å². The Labute approximate surface area is 171 Å². The van der Waals surface area contributed by atoms with Crippen LogP contribution in [0.5, 0.6) is 0 Å². The number of hydrogen-bond acceptors (Lipinski definition) is 3. The van der Waals surface area contributed by atoms with Gasteiger partial charge >= 0.3 is 5.97 Å². The first-order valence-corrected chi connectivity index (χ1v) is 11.3. The largest absolute Gasteiger partial charge is 0.481 e. The zero-order chi connectivity index (χ0) is 20.7. The Bertz CT molecular complexity index is 606. The number of carboxylic acids is 1. The van der Waals surface area contributed by atoms with Gasteiger partial charge in [-0.05, 0) is 94.3 Å². The summed E-state index contributed by atoms with van der Waals surface area (Å²) in [5.41, 5.74) is 1.72. The molecule has 4 nitrogen and oxygen atoms in total. The van der Waals surface area contributed by atoms with E-state index < -0.39 is 11.9 Å². The zero-order valence-corrected chi connectivity index (χ0v) is 18.6. The summed E-state index contributed by atoms with van der Waals surface area (Å²) >= 11 is 0. The Hall–Kier alpha value is -0.870. The number of fused-ring (bicyclic) bond motifs is 1. The van der Waals surface area contributed by atoms with Crippen molar-refractivity contribution in [3.05, 3.63) is 12.2 Å². The van der Waals surface area contributed by atoms with Gasteiger partial charge in [-0.15, -0.1) is 0 Å². The fraction of sp³-hybridized carbons (Fsp3) is 0.875. The summed E-state index contributed by atoms with van der Waals surface area (Å²) in [6, 6.07) is 0. The molecule has 1 saturated heterocycles. The van der Waals surface area contributed by atoms with Crippen molar-refractivity contribution in [3.63, 3.8) is 0 Å². The molecule has 0 bridgehead atoms. The fourth-order valence-corrected chi connectivity index (χ4v) is 6.30. The molecule has 2 saturated carbocycles. The van der Waals surface area contributed by atoms with Crippen LogP contribution in [0.15, 0.2) is 12.2 Å². The van der Waals surface area contributed by atoms with Gasteiger partial charge in [-0.1, -0.05) is 32.9 Å². The van der Waals surface area contributed by atoms with Gasteiger partial charge in [0.2, 0.25) is 0 Å². The van der Waals surface area contributed by atoms with E-state index in [-0.39, 0.29) is 22.5 Å². The molecule has 3 fully saturated rings. The summed E-state index contributed by atoms with van der Waals surface area (Å²) < 4.78 is 0. The molecule has 2 aliphatic carbocycles. The van der Waals surface area contributed by atoms with E-state index in [1.54, 1.807) is 6.92 Å². The number of aliphatic carboxylic acids is 1. The normalized spacial score (nSPS) is 45.3. The monoisotopic (exact) mass is 392 g/mol. The average Bonchev–Trinajstić information content (AvgIpc) is 2.66. The van der Waals surface area contributed by atoms with Gasteiger partial charge in [0.25, 0.3) is 0 Å². The van der Waals surface area contributed by atoms with Gasteiger partial charge in [0.15, 0.2) is 0 Å². The van der Waals surface area contributed by atoms with Crippen molar-refractivity contribution < 1.29 is 19.7 Å². The zero-order valence-electron chi connectivity index (χ0n) is 18.6. The second kappa shape index (κ2) is 7.75. The van der Waals surface area contributed by atoms with Crippen LogP contribution in [0, 0.1) is 28.6 Å². The van der Waals surface area contributed by atoms with E-state index in [2.05, 4.69) is 34.3 Å². The highest BCUT2D eigenvalue weighted by atomic mass is 17.2. The molecule has 7 atom stereocenters. The first-order valence-electron chi connectivity index (χ1n) is 11.3. The standard InChI is InChI=1S/C24H40O4/c1-16-8-7-9-20-23(16,5)13-10-17(2)24(20,6)15-14-22(4)12-11-19(27-28-22)18(3)21(25)26/h17-20H,1,7-15H2,2-6H3,(H,25,26)/t17-,18+,19+,20+,22-,23+,24+/m0/s1. The van der Waals surface area contributed by atoms with Gasteiger partial charge in [-0.3, -0.25) is 4.79 Å². The molecule has 1 N–H and O–H groups in total. The SMILES string of the molecule is C=C1CCC[C@H]2[C@](C)(CC[C@]3(C)CC[C@H]([C@@H](C)C(=O)O)OO3)[C@@H](C)CC[C@]12C. The average molecular weight is 393 g/mol. The number of rotatable bonds is 5. The minimum absolute atomic E-state index is 0.284. The van der Waals surface area contributed by atoms with Crippen LogP contribution < -0.4 is 0 Å². The van der Waals surface area contributed by atoms with E-state index in [0.29, 0.717) is 11.8 Å². The van der Waals surface area contributed by atoms with Gasteiger partial charge in [0.05, 0.1) is 5.92 Å². The Morgan fingerprint density at radius 1 is 1.21 bits per heavy atom. The molecule has 4 heteroatoms. The predicted molar refractivity (Wildman–Crippen MR) is 111 cm³/mol. The first kappa shape index (κ1) is 21.8. The second-order valence-electron chi connectivity index (χ2n) is 10.7. The maximum Gasteiger partial charge on any atom is 0.308 e. The van der Waals surface area contributed by atoms with E-state index in [1.807, 2.05) is 0 Å². The Balaban J connectivity index is 1.67. The molecule has 3 rings (SSSR count). The lowest BCUT2D eigenvalue weighted by Gasteiger charge is -2.59. The molecular weight excluding hydrogens is 352 g/mol. The lowest BCUT2D eigenvalue weighted by molar-refractivity contribution is -0.412. The van der Waals surface area contributed by atoms with Crippen molar-refractivity contribution in [1.82, 2.24) is 0 Å². The van der Waals surface area contributed by atoms with Gasteiger partial charge in [0.1, 0.15) is 11.7 Å². The molecule has 1 heterocycles. The summed E-state index contributed by atoms with van der Waals surface area (Å²) in [6.07, 6.45) is 9.66. The molecule has 160 valence electrons. The highest BCUT2D eigenvalue weighted by Gasteiger charge is 2.54. The molecule has 0 aromatic heterocycles. The van der Waals surface area contributed by atoms with Crippen molar-refractivity contribution in [3.8, 4) is 0 Å². The number of carbonyl (C=O) groups is 1. The third-order valence-electron chi connectivity index (χ3n) is 9.04. The summed E-state index contributed by atoms with van der Waals surface area (Å²) in [5, 5.41) is 9.21. The quantitative estimate of drug-likeness (QED) is 0.450. The Morgan fingerprint density at radius 2 is 1.93 bits per heavy atom. The fourth-order valence-electron chi connectivity index (χ4n) is 6.30. The van der Waals surface area contributed by atoms with Gasteiger partial charge < -0.3 is 5.11 Å². The minimum atomic E-state index is -0.822. The third-order valence-corrected chi connectivity index (χ3v) is 9.04. The lowest BCUT2D eigenvalue weighted by Crippen LogP contribution is -2.51. The van der Waals surface area contributed by atoms with Gasteiger partial charge in [-0.25, -0.2) is 9.78 Å². The van der Waals surface area contributed by atoms with E-state index in [0.717, 1.165) is 25.7 Å². The van der Waals surface area contributed by atoms with Crippen LogP contribution in [0.1, 0.15) is 92.4 Å². The van der Waals surface area contributed by atoms with Crippen molar-refractivity contribution in [2.75, 3.05) is 0 Å². The van der Waals surface area contributed by atoms with Crippen LogP contribution in [-0.2, 0) is 14.6 Å². The van der Waals surface area contributed by atoms with Crippen LogP contribution in [0.4, 0.5) is 0 Å². The maximum absolute atomic E-state index is 11.2. The maximum atomic E-state index is 11.2. The molecule has 0 amide bonds. The summed E-state index contributed by atoms with van der Waals surface area (Å²) in [7, 11) is 0. The summed E-state index contributed by atoms with van der Waals surface area (Å²) in [4.78, 5) is 22.6. The van der Waals surface area contributed by atoms with E-state index in [9.17, 15) is 9.90 Å². The van der Waals surface area contributed by atoms with Crippen LogP contribution in [0.3, 0.4) is 0 Å². The predicted octanol–water partition coefficient (Wildman–Crippen LogP) is 6.16. The first-order chi connectivity index (χ1) is 13.0. The van der Waals surface area contributed by atoms with Crippen molar-refractivity contribution in [2.24, 2.45) is 28.6 Å². The highest BCUT2D eigenvalue weighted by molar-refractivity contribution is 5.70. The molecule has 0 aromatic carbocycles. The minimum Gasteiger partial charge on any atom is -0.481 e. The van der Waals surface area contributed by atoms with Crippen molar-refractivity contribution in [2.45, 2.75) is 104 Å². The highest BCUT2D eigenvalue weighted by Crippen LogP contribution is 2.63. The number of hydrogen-bond donors (Lipinski definition) is 1. The molecule has 28 heavy (non-hydrogen) atoms. The topological polar surface area (TPSA) is 55.8 Å².